The van der Waals surface area contributed by atoms with Crippen molar-refractivity contribution in [2.24, 2.45) is 0 Å². The highest BCUT2D eigenvalue weighted by Gasteiger charge is 2.09. The van der Waals surface area contributed by atoms with Gasteiger partial charge in [-0.05, 0) is 29.8 Å². The van der Waals surface area contributed by atoms with Gasteiger partial charge in [0.05, 0.1) is 5.69 Å². The van der Waals surface area contributed by atoms with Crippen molar-refractivity contribution in [3.63, 3.8) is 0 Å². The molecule has 2 aromatic rings. The summed E-state index contributed by atoms with van der Waals surface area (Å²) in [5, 5.41) is 14.6. The van der Waals surface area contributed by atoms with E-state index in [0.29, 0.717) is 11.1 Å². The first-order chi connectivity index (χ1) is 11.5. The SMILES string of the molecule is N#C/C(=C/Nc1ccc(F)cc1F)C(=O)NCc1ccc(Cl)cc1. The van der Waals surface area contributed by atoms with Crippen LogP contribution in [0.3, 0.4) is 0 Å². The summed E-state index contributed by atoms with van der Waals surface area (Å²) in [6.45, 7) is 0.208. The fraction of sp³-hybridized carbons (Fsp3) is 0.0588. The van der Waals surface area contributed by atoms with Gasteiger partial charge in [-0.15, -0.1) is 0 Å². The van der Waals surface area contributed by atoms with Crippen LogP contribution >= 0.6 is 11.6 Å². The van der Waals surface area contributed by atoms with Gasteiger partial charge < -0.3 is 10.6 Å². The Kier molecular flexibility index (Phi) is 5.88. The van der Waals surface area contributed by atoms with Gasteiger partial charge in [0.1, 0.15) is 23.3 Å². The van der Waals surface area contributed by atoms with Crippen LogP contribution in [0.5, 0.6) is 0 Å². The Morgan fingerprint density at radius 1 is 1.21 bits per heavy atom. The topological polar surface area (TPSA) is 64.9 Å². The molecule has 0 fully saturated rings. The Morgan fingerprint density at radius 2 is 1.92 bits per heavy atom. The van der Waals surface area contributed by atoms with Crippen molar-refractivity contribution in [3.05, 3.63) is 76.5 Å². The molecule has 1 amide bonds. The van der Waals surface area contributed by atoms with Crippen LogP contribution in [0.25, 0.3) is 0 Å². The first-order valence-electron chi connectivity index (χ1n) is 6.84. The number of nitrogens with one attached hydrogen (secondary N) is 2. The van der Waals surface area contributed by atoms with E-state index in [2.05, 4.69) is 10.6 Å². The second-order valence-electron chi connectivity index (χ2n) is 4.75. The minimum atomic E-state index is -0.829. The van der Waals surface area contributed by atoms with Crippen molar-refractivity contribution in [1.82, 2.24) is 5.32 Å². The standard InChI is InChI=1S/C17H12ClF2N3O/c18-13-3-1-11(2-4-13)9-23-17(24)12(8-21)10-22-16-6-5-14(19)7-15(16)20/h1-7,10,22H,9H2,(H,23,24)/b12-10-. The zero-order chi connectivity index (χ0) is 17.5. The molecule has 7 heteroatoms. The van der Waals surface area contributed by atoms with Crippen molar-refractivity contribution in [1.29, 1.82) is 5.26 Å². The number of hydrogen-bond acceptors (Lipinski definition) is 3. The molecular weight excluding hydrogens is 336 g/mol. The van der Waals surface area contributed by atoms with Gasteiger partial charge in [0.2, 0.25) is 0 Å². The van der Waals surface area contributed by atoms with Crippen molar-refractivity contribution >= 4 is 23.2 Å². The summed E-state index contributed by atoms with van der Waals surface area (Å²) in [6.07, 6.45) is 1.06. The van der Waals surface area contributed by atoms with E-state index in [9.17, 15) is 13.6 Å². The molecule has 2 aromatic carbocycles. The third-order valence-electron chi connectivity index (χ3n) is 3.03. The molecule has 2 rings (SSSR count). The fourth-order valence-corrected chi connectivity index (χ4v) is 1.91. The lowest BCUT2D eigenvalue weighted by atomic mass is 10.2. The monoisotopic (exact) mass is 347 g/mol. The van der Waals surface area contributed by atoms with E-state index in [1.807, 2.05) is 0 Å². The van der Waals surface area contributed by atoms with Crippen LogP contribution in [0.4, 0.5) is 14.5 Å². The van der Waals surface area contributed by atoms with Crippen molar-refractivity contribution in [2.45, 2.75) is 6.54 Å². The molecule has 0 aliphatic heterocycles. The van der Waals surface area contributed by atoms with Gasteiger partial charge in [-0.3, -0.25) is 4.79 Å². The zero-order valence-electron chi connectivity index (χ0n) is 12.3. The Hall–Kier alpha value is -2.91. The predicted molar refractivity (Wildman–Crippen MR) is 87.0 cm³/mol. The number of carbonyl (C=O) groups is 1. The molecule has 0 radical (unpaired) electrons. The van der Waals surface area contributed by atoms with Gasteiger partial charge in [-0.2, -0.15) is 5.26 Å². The average Bonchev–Trinajstić information content (AvgIpc) is 2.56. The number of carbonyl (C=O) groups excluding carboxylic acids is 1. The number of nitriles is 1. The van der Waals surface area contributed by atoms with E-state index in [-0.39, 0.29) is 17.8 Å². The molecule has 0 spiro atoms. The van der Waals surface area contributed by atoms with Crippen LogP contribution in [0.1, 0.15) is 5.56 Å². The van der Waals surface area contributed by atoms with Gasteiger partial charge >= 0.3 is 0 Å². The summed E-state index contributed by atoms with van der Waals surface area (Å²) in [6, 6.07) is 11.5. The van der Waals surface area contributed by atoms with Crippen LogP contribution in [0.15, 0.2) is 54.2 Å². The summed E-state index contributed by atoms with van der Waals surface area (Å²) >= 11 is 5.77. The zero-order valence-corrected chi connectivity index (χ0v) is 13.1. The highest BCUT2D eigenvalue weighted by atomic mass is 35.5. The van der Waals surface area contributed by atoms with Gasteiger partial charge in [-0.25, -0.2) is 8.78 Å². The number of hydrogen-bond donors (Lipinski definition) is 2. The maximum Gasteiger partial charge on any atom is 0.263 e. The summed E-state index contributed by atoms with van der Waals surface area (Å²) in [7, 11) is 0. The van der Waals surface area contributed by atoms with Crippen molar-refractivity contribution in [3.8, 4) is 6.07 Å². The lowest BCUT2D eigenvalue weighted by molar-refractivity contribution is -0.117. The van der Waals surface area contributed by atoms with Crippen molar-refractivity contribution < 1.29 is 13.6 Å². The van der Waals surface area contributed by atoms with Gasteiger partial charge in [0, 0.05) is 23.8 Å². The largest absolute Gasteiger partial charge is 0.358 e. The summed E-state index contributed by atoms with van der Waals surface area (Å²) in [5.74, 6) is -2.17. The first-order valence-corrected chi connectivity index (χ1v) is 7.22. The molecule has 0 heterocycles. The lowest BCUT2D eigenvalue weighted by Crippen LogP contribution is -2.24. The molecular formula is C17H12ClF2N3O. The van der Waals surface area contributed by atoms with E-state index >= 15 is 0 Å². The van der Waals surface area contributed by atoms with Crippen LogP contribution in [0, 0.1) is 23.0 Å². The minimum Gasteiger partial charge on any atom is -0.358 e. The second kappa shape index (κ2) is 8.09. The number of anilines is 1. The maximum absolute atomic E-state index is 13.5. The average molecular weight is 348 g/mol. The molecule has 0 aromatic heterocycles. The Bertz CT molecular complexity index is 814. The third kappa shape index (κ3) is 4.80. The van der Waals surface area contributed by atoms with E-state index in [1.165, 1.54) is 6.07 Å². The highest BCUT2D eigenvalue weighted by Crippen LogP contribution is 2.15. The maximum atomic E-state index is 13.5. The highest BCUT2D eigenvalue weighted by molar-refractivity contribution is 6.30. The number of halogens is 3. The molecule has 2 N–H and O–H groups in total. The predicted octanol–water partition coefficient (Wildman–Crippen LogP) is 3.75. The molecule has 0 saturated heterocycles. The number of benzene rings is 2. The summed E-state index contributed by atoms with van der Waals surface area (Å²) in [5.41, 5.74) is 0.518. The molecule has 24 heavy (non-hydrogen) atoms. The lowest BCUT2D eigenvalue weighted by Gasteiger charge is -2.06. The molecule has 0 atom stereocenters. The van der Waals surface area contributed by atoms with E-state index in [0.717, 1.165) is 17.8 Å². The molecule has 0 saturated carbocycles. The van der Waals surface area contributed by atoms with Gasteiger partial charge in [-0.1, -0.05) is 23.7 Å². The number of rotatable bonds is 5. The molecule has 0 unspecified atom stereocenters. The number of nitrogens with zero attached hydrogens (tertiary/aromatic N) is 1. The van der Waals surface area contributed by atoms with Crippen molar-refractivity contribution in [2.75, 3.05) is 5.32 Å². The van der Waals surface area contributed by atoms with E-state index in [4.69, 9.17) is 16.9 Å². The Labute approximate surface area is 142 Å². The van der Waals surface area contributed by atoms with Crippen LogP contribution < -0.4 is 10.6 Å². The van der Waals surface area contributed by atoms with Crippen LogP contribution in [-0.2, 0) is 11.3 Å². The Morgan fingerprint density at radius 3 is 2.54 bits per heavy atom. The third-order valence-corrected chi connectivity index (χ3v) is 3.29. The second-order valence-corrected chi connectivity index (χ2v) is 5.18. The smallest absolute Gasteiger partial charge is 0.263 e. The fourth-order valence-electron chi connectivity index (χ4n) is 1.78. The molecule has 0 aliphatic carbocycles. The van der Waals surface area contributed by atoms with Gasteiger partial charge in [0.15, 0.2) is 0 Å². The summed E-state index contributed by atoms with van der Waals surface area (Å²) < 4.78 is 26.3. The molecule has 122 valence electrons. The minimum absolute atomic E-state index is 0.0466. The first kappa shape index (κ1) is 17.4. The normalized spacial score (nSPS) is 10.8. The van der Waals surface area contributed by atoms with E-state index in [1.54, 1.807) is 30.3 Å². The molecule has 0 aliphatic rings. The summed E-state index contributed by atoms with van der Waals surface area (Å²) in [4.78, 5) is 12.0. The number of amides is 1. The quantitative estimate of drug-likeness (QED) is 0.639. The van der Waals surface area contributed by atoms with Crippen LogP contribution in [-0.4, -0.2) is 5.91 Å². The molecule has 4 nitrogen and oxygen atoms in total. The van der Waals surface area contributed by atoms with Gasteiger partial charge in [0.25, 0.3) is 5.91 Å². The van der Waals surface area contributed by atoms with E-state index < -0.39 is 17.5 Å². The Balaban J connectivity index is 2.00. The molecule has 0 bridgehead atoms. The van der Waals surface area contributed by atoms with Crippen LogP contribution in [0.2, 0.25) is 5.02 Å².